The van der Waals surface area contributed by atoms with E-state index in [-0.39, 0.29) is 16.8 Å². The molecule has 2 aromatic rings. The van der Waals surface area contributed by atoms with E-state index in [0.29, 0.717) is 31.1 Å². The van der Waals surface area contributed by atoms with Crippen LogP contribution in [0.3, 0.4) is 0 Å². The first kappa shape index (κ1) is 23.4. The second kappa shape index (κ2) is 9.94. The third-order valence-electron chi connectivity index (χ3n) is 6.04. The lowest BCUT2D eigenvalue weighted by Crippen LogP contribution is -2.38. The molecule has 2 aromatic carbocycles. The van der Waals surface area contributed by atoms with Crippen molar-refractivity contribution in [3.8, 4) is 0 Å². The Morgan fingerprint density at radius 1 is 1.06 bits per heavy atom. The molecular weight excluding hydrogens is 410 g/mol. The summed E-state index contributed by atoms with van der Waals surface area (Å²) in [6, 6.07) is 14.6. The van der Waals surface area contributed by atoms with Crippen LogP contribution in [0.5, 0.6) is 0 Å². The Balaban J connectivity index is 1.65. The minimum atomic E-state index is -3.51. The molecule has 7 heteroatoms. The van der Waals surface area contributed by atoms with Crippen molar-refractivity contribution < 1.29 is 13.2 Å². The van der Waals surface area contributed by atoms with Crippen LogP contribution in [0, 0.1) is 12.8 Å². The van der Waals surface area contributed by atoms with Gasteiger partial charge in [-0.1, -0.05) is 36.8 Å². The number of nitrogens with one attached hydrogen (secondary N) is 1. The van der Waals surface area contributed by atoms with E-state index in [1.165, 1.54) is 17.7 Å². The van der Waals surface area contributed by atoms with Crippen LogP contribution < -0.4 is 5.32 Å². The average molecular weight is 444 g/mol. The van der Waals surface area contributed by atoms with Crippen LogP contribution in [0.4, 0.5) is 0 Å². The molecule has 1 amide bonds. The van der Waals surface area contributed by atoms with Gasteiger partial charge in [0.25, 0.3) is 5.91 Å². The molecule has 0 radical (unpaired) electrons. The van der Waals surface area contributed by atoms with Gasteiger partial charge in [0.15, 0.2) is 0 Å². The Kier molecular flexibility index (Phi) is 7.51. The fraction of sp³-hybridized carbons (Fsp3) is 0.458. The highest BCUT2D eigenvalue weighted by Gasteiger charge is 2.28. The van der Waals surface area contributed by atoms with E-state index in [0.717, 1.165) is 18.4 Å². The van der Waals surface area contributed by atoms with Crippen molar-refractivity contribution in [3.63, 3.8) is 0 Å². The molecule has 3 rings (SSSR count). The molecule has 0 spiro atoms. The van der Waals surface area contributed by atoms with Crippen LogP contribution in [-0.2, 0) is 10.0 Å². The van der Waals surface area contributed by atoms with Crippen molar-refractivity contribution in [1.82, 2.24) is 14.5 Å². The quantitative estimate of drug-likeness (QED) is 0.712. The first-order chi connectivity index (χ1) is 14.7. The number of benzene rings is 2. The third kappa shape index (κ3) is 5.73. The lowest BCUT2D eigenvalue weighted by atomic mass is 10.0. The largest absolute Gasteiger partial charge is 0.350 e. The molecule has 1 aliphatic rings. The van der Waals surface area contributed by atoms with Crippen LogP contribution >= 0.6 is 0 Å². The van der Waals surface area contributed by atoms with E-state index >= 15 is 0 Å². The molecule has 0 unspecified atom stereocenters. The number of carbonyl (C=O) groups is 1. The van der Waals surface area contributed by atoms with Crippen LogP contribution in [0.2, 0.25) is 0 Å². The monoisotopic (exact) mass is 443 g/mol. The molecule has 0 aliphatic carbocycles. The summed E-state index contributed by atoms with van der Waals surface area (Å²) in [7, 11) is 0.458. The number of hydrogen-bond donors (Lipinski definition) is 1. The predicted octanol–water partition coefficient (Wildman–Crippen LogP) is 3.45. The zero-order valence-corrected chi connectivity index (χ0v) is 19.7. The summed E-state index contributed by atoms with van der Waals surface area (Å²) in [6.07, 6.45) is 1.77. The van der Waals surface area contributed by atoms with Crippen molar-refractivity contribution in [2.75, 3.05) is 33.7 Å². The Labute approximate surface area is 186 Å². The highest BCUT2D eigenvalue weighted by Crippen LogP contribution is 2.24. The van der Waals surface area contributed by atoms with Gasteiger partial charge >= 0.3 is 0 Å². The minimum Gasteiger partial charge on any atom is -0.350 e. The molecule has 168 valence electrons. The van der Waals surface area contributed by atoms with Crippen molar-refractivity contribution in [2.24, 2.45) is 5.92 Å². The zero-order valence-electron chi connectivity index (χ0n) is 18.8. The molecule has 0 saturated carbocycles. The highest BCUT2D eigenvalue weighted by atomic mass is 32.2. The first-order valence-corrected chi connectivity index (χ1v) is 12.2. The Morgan fingerprint density at radius 2 is 1.65 bits per heavy atom. The fourth-order valence-corrected chi connectivity index (χ4v) is 5.30. The summed E-state index contributed by atoms with van der Waals surface area (Å²) in [6.45, 7) is 5.76. The van der Waals surface area contributed by atoms with Crippen LogP contribution in [0.15, 0.2) is 53.4 Å². The summed E-state index contributed by atoms with van der Waals surface area (Å²) in [5.41, 5.74) is 2.78. The number of likely N-dealkylation sites (N-methyl/N-ethyl adjacent to an activating group) is 1. The van der Waals surface area contributed by atoms with Gasteiger partial charge in [-0.3, -0.25) is 4.79 Å². The van der Waals surface area contributed by atoms with Gasteiger partial charge in [-0.25, -0.2) is 8.42 Å². The second-order valence-electron chi connectivity index (χ2n) is 8.71. The smallest absolute Gasteiger partial charge is 0.251 e. The number of amides is 1. The van der Waals surface area contributed by atoms with Crippen molar-refractivity contribution in [3.05, 3.63) is 65.2 Å². The normalized spacial score (nSPS) is 16.9. The second-order valence-corrected chi connectivity index (χ2v) is 10.6. The van der Waals surface area contributed by atoms with Crippen molar-refractivity contribution in [2.45, 2.75) is 37.6 Å². The van der Waals surface area contributed by atoms with Gasteiger partial charge in [0, 0.05) is 25.2 Å². The number of rotatable bonds is 7. The molecule has 6 nitrogen and oxygen atoms in total. The summed E-state index contributed by atoms with van der Waals surface area (Å²) < 4.78 is 27.3. The number of aryl methyl sites for hydroxylation is 1. The predicted molar refractivity (Wildman–Crippen MR) is 124 cm³/mol. The van der Waals surface area contributed by atoms with Gasteiger partial charge in [-0.2, -0.15) is 4.31 Å². The maximum Gasteiger partial charge on any atom is 0.251 e. The van der Waals surface area contributed by atoms with E-state index in [1.807, 2.05) is 21.0 Å². The topological polar surface area (TPSA) is 69.7 Å². The van der Waals surface area contributed by atoms with Crippen LogP contribution in [0.1, 0.15) is 47.3 Å². The number of sulfonamides is 1. The van der Waals surface area contributed by atoms with Crippen molar-refractivity contribution in [1.29, 1.82) is 0 Å². The molecule has 1 atom stereocenters. The summed E-state index contributed by atoms with van der Waals surface area (Å²) in [5, 5.41) is 2.98. The van der Waals surface area contributed by atoms with Gasteiger partial charge in [-0.05, 0) is 69.6 Å². The van der Waals surface area contributed by atoms with Crippen LogP contribution in [0.25, 0.3) is 0 Å². The lowest BCUT2D eigenvalue weighted by molar-refractivity contribution is 0.0942. The SMILES string of the molecule is Cc1ccc([C@H](CNC(=O)c2ccc(S(=O)(=O)N3CCC(C)CC3)cc2)N(C)C)cc1. The Hall–Kier alpha value is -2.22. The highest BCUT2D eigenvalue weighted by molar-refractivity contribution is 7.89. The number of carbonyl (C=O) groups excluding carboxylic acids is 1. The standard InChI is InChI=1S/C24H33N3O3S/c1-18-5-7-20(8-6-18)23(26(3)4)17-25-24(28)21-9-11-22(12-10-21)31(29,30)27-15-13-19(2)14-16-27/h5-12,19,23H,13-17H2,1-4H3,(H,25,28)/t23-/m0/s1. The minimum absolute atomic E-state index is 0.0469. The third-order valence-corrected chi connectivity index (χ3v) is 7.95. The number of piperidine rings is 1. The summed E-state index contributed by atoms with van der Waals surface area (Å²) in [4.78, 5) is 15.0. The molecule has 1 fully saturated rings. The molecule has 1 heterocycles. The first-order valence-electron chi connectivity index (χ1n) is 10.8. The lowest BCUT2D eigenvalue weighted by Gasteiger charge is -2.29. The molecular formula is C24H33N3O3S. The molecule has 1 aliphatic heterocycles. The van der Waals surface area contributed by atoms with Gasteiger partial charge in [-0.15, -0.1) is 0 Å². The number of nitrogens with zero attached hydrogens (tertiary/aromatic N) is 2. The maximum atomic E-state index is 12.9. The molecule has 0 aromatic heterocycles. The van der Waals surface area contributed by atoms with Crippen molar-refractivity contribution >= 4 is 15.9 Å². The van der Waals surface area contributed by atoms with E-state index in [2.05, 4.69) is 41.4 Å². The van der Waals surface area contributed by atoms with Gasteiger partial charge < -0.3 is 10.2 Å². The summed E-state index contributed by atoms with van der Waals surface area (Å²) >= 11 is 0. The fourth-order valence-electron chi connectivity index (χ4n) is 3.83. The van der Waals surface area contributed by atoms with Gasteiger partial charge in [0.1, 0.15) is 0 Å². The van der Waals surface area contributed by atoms with E-state index in [9.17, 15) is 13.2 Å². The number of hydrogen-bond acceptors (Lipinski definition) is 4. The molecule has 1 N–H and O–H groups in total. The average Bonchev–Trinajstić information content (AvgIpc) is 2.75. The van der Waals surface area contributed by atoms with E-state index < -0.39 is 10.0 Å². The zero-order chi connectivity index (χ0) is 22.6. The Morgan fingerprint density at radius 3 is 2.19 bits per heavy atom. The van der Waals surface area contributed by atoms with E-state index in [4.69, 9.17) is 0 Å². The molecule has 1 saturated heterocycles. The van der Waals surface area contributed by atoms with E-state index in [1.54, 1.807) is 16.4 Å². The van der Waals surface area contributed by atoms with Gasteiger partial charge in [0.05, 0.1) is 10.9 Å². The Bertz CT molecular complexity index is 978. The van der Waals surface area contributed by atoms with Crippen LogP contribution in [-0.4, -0.2) is 57.3 Å². The maximum absolute atomic E-state index is 12.9. The molecule has 0 bridgehead atoms. The summed E-state index contributed by atoms with van der Waals surface area (Å²) in [5.74, 6) is 0.345. The van der Waals surface area contributed by atoms with Gasteiger partial charge in [0.2, 0.25) is 10.0 Å². The molecule has 31 heavy (non-hydrogen) atoms.